The van der Waals surface area contributed by atoms with Crippen LogP contribution in [0, 0.1) is 5.92 Å². The lowest BCUT2D eigenvalue weighted by atomic mass is 9.94. The van der Waals surface area contributed by atoms with E-state index in [1.807, 2.05) is 12.2 Å². The minimum absolute atomic E-state index is 0.0766. The van der Waals surface area contributed by atoms with Gasteiger partial charge < -0.3 is 15.7 Å². The molecule has 0 saturated heterocycles. The number of carbonyl (C=O) groups is 3. The first-order chi connectivity index (χ1) is 8.09. The number of hydrogen-bond donors (Lipinski definition) is 3. The van der Waals surface area contributed by atoms with E-state index < -0.39 is 18.4 Å². The number of carboxylic acid groups (broad SMARTS) is 1. The van der Waals surface area contributed by atoms with E-state index in [0.29, 0.717) is 6.42 Å². The summed E-state index contributed by atoms with van der Waals surface area (Å²) >= 11 is 0. The Morgan fingerprint density at radius 3 is 2.53 bits per heavy atom. The van der Waals surface area contributed by atoms with Gasteiger partial charge in [-0.15, -0.1) is 0 Å². The molecule has 0 aromatic rings. The Morgan fingerprint density at radius 2 is 1.94 bits per heavy atom. The first-order valence-corrected chi connectivity index (χ1v) is 5.51. The Hall–Kier alpha value is -1.85. The Morgan fingerprint density at radius 1 is 1.18 bits per heavy atom. The Bertz CT molecular complexity index is 338. The lowest BCUT2D eigenvalue weighted by Crippen LogP contribution is -2.41. The zero-order valence-electron chi connectivity index (χ0n) is 9.44. The molecule has 0 heterocycles. The summed E-state index contributed by atoms with van der Waals surface area (Å²) in [4.78, 5) is 32.9. The summed E-state index contributed by atoms with van der Waals surface area (Å²) in [5.74, 6) is -1.83. The molecular formula is C11H16N2O4. The van der Waals surface area contributed by atoms with E-state index in [0.717, 1.165) is 12.8 Å². The Balaban J connectivity index is 2.20. The molecule has 1 unspecified atom stereocenters. The third kappa shape index (κ3) is 5.14. The van der Waals surface area contributed by atoms with Gasteiger partial charge in [-0.2, -0.15) is 0 Å². The fourth-order valence-corrected chi connectivity index (χ4v) is 1.58. The number of aliphatic carboxylic acids is 1. The van der Waals surface area contributed by atoms with Gasteiger partial charge in [0.25, 0.3) is 0 Å². The molecule has 0 radical (unpaired) electrons. The van der Waals surface area contributed by atoms with Gasteiger partial charge in [0.15, 0.2) is 0 Å². The molecule has 0 fully saturated rings. The SMILES string of the molecule is O=C(O)CNC(=O)CNC(=O)C1CC=CCC1. The first-order valence-electron chi connectivity index (χ1n) is 5.51. The minimum atomic E-state index is -1.11. The van der Waals surface area contributed by atoms with Crippen LogP contribution < -0.4 is 10.6 Å². The van der Waals surface area contributed by atoms with E-state index in [4.69, 9.17) is 5.11 Å². The standard InChI is InChI=1S/C11H16N2O4/c14-9(12-7-10(15)16)6-13-11(17)8-4-2-1-3-5-8/h1-2,8H,3-7H2,(H,12,14)(H,13,17)(H,15,16). The van der Waals surface area contributed by atoms with Crippen LogP contribution in [-0.2, 0) is 14.4 Å². The fraction of sp³-hybridized carbons (Fsp3) is 0.545. The molecule has 1 atom stereocenters. The van der Waals surface area contributed by atoms with Crippen molar-refractivity contribution in [2.24, 2.45) is 5.92 Å². The fourth-order valence-electron chi connectivity index (χ4n) is 1.58. The summed E-state index contributed by atoms with van der Waals surface area (Å²) in [6.45, 7) is -0.604. The van der Waals surface area contributed by atoms with Gasteiger partial charge in [0.2, 0.25) is 11.8 Å². The number of nitrogens with one attached hydrogen (secondary N) is 2. The Kier molecular flexibility index (Phi) is 5.19. The number of rotatable bonds is 5. The van der Waals surface area contributed by atoms with E-state index in [1.54, 1.807) is 0 Å². The molecule has 0 bridgehead atoms. The van der Waals surface area contributed by atoms with Crippen LogP contribution in [0.15, 0.2) is 12.2 Å². The molecule has 0 spiro atoms. The number of carbonyl (C=O) groups excluding carboxylic acids is 2. The van der Waals surface area contributed by atoms with Crippen LogP contribution >= 0.6 is 0 Å². The van der Waals surface area contributed by atoms with Crippen molar-refractivity contribution in [3.8, 4) is 0 Å². The molecule has 6 heteroatoms. The zero-order chi connectivity index (χ0) is 12.7. The topological polar surface area (TPSA) is 95.5 Å². The van der Waals surface area contributed by atoms with E-state index in [2.05, 4.69) is 10.6 Å². The number of amides is 2. The molecule has 3 N–H and O–H groups in total. The normalized spacial score (nSPS) is 18.5. The average Bonchev–Trinajstić information content (AvgIpc) is 2.34. The predicted molar refractivity (Wildman–Crippen MR) is 60.1 cm³/mol. The van der Waals surface area contributed by atoms with Crippen molar-refractivity contribution in [3.05, 3.63) is 12.2 Å². The van der Waals surface area contributed by atoms with E-state index in [9.17, 15) is 14.4 Å². The summed E-state index contributed by atoms with van der Waals surface area (Å²) in [5.41, 5.74) is 0. The number of carboxylic acids is 1. The molecule has 17 heavy (non-hydrogen) atoms. The van der Waals surface area contributed by atoms with Crippen molar-refractivity contribution < 1.29 is 19.5 Å². The second kappa shape index (κ2) is 6.67. The third-order valence-corrected chi connectivity index (χ3v) is 2.50. The van der Waals surface area contributed by atoms with Gasteiger partial charge >= 0.3 is 5.97 Å². The van der Waals surface area contributed by atoms with E-state index in [1.165, 1.54) is 0 Å². The van der Waals surface area contributed by atoms with E-state index >= 15 is 0 Å². The molecule has 0 aromatic heterocycles. The number of allylic oxidation sites excluding steroid dienone is 2. The zero-order valence-corrected chi connectivity index (χ0v) is 9.44. The van der Waals surface area contributed by atoms with Crippen LogP contribution in [0.2, 0.25) is 0 Å². The van der Waals surface area contributed by atoms with Gasteiger partial charge in [-0.25, -0.2) is 0 Å². The highest BCUT2D eigenvalue weighted by Crippen LogP contribution is 2.17. The maximum atomic E-state index is 11.6. The smallest absolute Gasteiger partial charge is 0.322 e. The van der Waals surface area contributed by atoms with Crippen molar-refractivity contribution in [2.45, 2.75) is 19.3 Å². The van der Waals surface area contributed by atoms with Gasteiger partial charge in [0.05, 0.1) is 6.54 Å². The predicted octanol–water partition coefficient (Wildman–Crippen LogP) is -0.340. The lowest BCUT2D eigenvalue weighted by molar-refractivity contribution is -0.137. The molecule has 94 valence electrons. The Labute approximate surface area is 99.1 Å². The average molecular weight is 240 g/mol. The van der Waals surface area contributed by atoms with Gasteiger partial charge in [-0.1, -0.05) is 12.2 Å². The molecule has 0 aliphatic heterocycles. The molecule has 1 aliphatic rings. The van der Waals surface area contributed by atoms with Gasteiger partial charge in [-0.3, -0.25) is 14.4 Å². The second-order valence-corrected chi connectivity index (χ2v) is 3.87. The van der Waals surface area contributed by atoms with Crippen LogP contribution in [0.1, 0.15) is 19.3 Å². The highest BCUT2D eigenvalue weighted by Gasteiger charge is 2.18. The minimum Gasteiger partial charge on any atom is -0.480 e. The number of hydrogen-bond acceptors (Lipinski definition) is 3. The molecule has 1 aliphatic carbocycles. The maximum absolute atomic E-state index is 11.6. The van der Waals surface area contributed by atoms with Crippen molar-refractivity contribution in [1.82, 2.24) is 10.6 Å². The van der Waals surface area contributed by atoms with E-state index in [-0.39, 0.29) is 18.4 Å². The van der Waals surface area contributed by atoms with Crippen LogP contribution in [-0.4, -0.2) is 36.0 Å². The first kappa shape index (κ1) is 13.2. The summed E-state index contributed by atoms with van der Waals surface area (Å²) in [7, 11) is 0. The van der Waals surface area contributed by atoms with Crippen molar-refractivity contribution in [1.29, 1.82) is 0 Å². The van der Waals surface area contributed by atoms with Crippen LogP contribution in [0.25, 0.3) is 0 Å². The maximum Gasteiger partial charge on any atom is 0.322 e. The summed E-state index contributed by atoms with van der Waals surface area (Å²) < 4.78 is 0. The lowest BCUT2D eigenvalue weighted by Gasteiger charge is -2.16. The van der Waals surface area contributed by atoms with Crippen molar-refractivity contribution in [2.75, 3.05) is 13.1 Å². The van der Waals surface area contributed by atoms with Crippen molar-refractivity contribution in [3.63, 3.8) is 0 Å². The van der Waals surface area contributed by atoms with Crippen LogP contribution in [0.3, 0.4) is 0 Å². The largest absolute Gasteiger partial charge is 0.480 e. The molecule has 0 aromatic carbocycles. The van der Waals surface area contributed by atoms with Gasteiger partial charge in [0.1, 0.15) is 6.54 Å². The second-order valence-electron chi connectivity index (χ2n) is 3.87. The van der Waals surface area contributed by atoms with Crippen LogP contribution in [0.5, 0.6) is 0 Å². The summed E-state index contributed by atoms with van der Waals surface area (Å²) in [6.07, 6.45) is 6.35. The van der Waals surface area contributed by atoms with Crippen molar-refractivity contribution >= 4 is 17.8 Å². The summed E-state index contributed by atoms with van der Waals surface area (Å²) in [6, 6.07) is 0. The molecular weight excluding hydrogens is 224 g/mol. The summed E-state index contributed by atoms with van der Waals surface area (Å²) in [5, 5.41) is 13.0. The molecule has 0 saturated carbocycles. The quantitative estimate of drug-likeness (QED) is 0.573. The third-order valence-electron chi connectivity index (χ3n) is 2.50. The monoisotopic (exact) mass is 240 g/mol. The van der Waals surface area contributed by atoms with Crippen LogP contribution in [0.4, 0.5) is 0 Å². The van der Waals surface area contributed by atoms with Gasteiger partial charge in [-0.05, 0) is 19.3 Å². The highest BCUT2D eigenvalue weighted by molar-refractivity contribution is 5.87. The molecule has 1 rings (SSSR count). The molecule has 2 amide bonds. The highest BCUT2D eigenvalue weighted by atomic mass is 16.4. The molecule has 6 nitrogen and oxygen atoms in total. The van der Waals surface area contributed by atoms with Gasteiger partial charge in [0, 0.05) is 5.92 Å².